The molecule has 0 bridgehead atoms. The van der Waals surface area contributed by atoms with Crippen LogP contribution in [0.25, 0.3) is 0 Å². The molecule has 0 rings (SSSR count). The Kier molecular flexibility index (Phi) is 12.9. The van der Waals surface area contributed by atoms with Crippen molar-refractivity contribution < 1.29 is 4.39 Å². The van der Waals surface area contributed by atoms with Crippen molar-refractivity contribution in [3.63, 3.8) is 0 Å². The molecule has 0 aromatic rings. The molecule has 0 N–H and O–H groups in total. The molecule has 0 nitrogen and oxygen atoms in total. The van der Waals surface area contributed by atoms with E-state index >= 15 is 0 Å². The predicted molar refractivity (Wildman–Crippen MR) is 64.4 cm³/mol. The van der Waals surface area contributed by atoms with Crippen LogP contribution in [0.4, 0.5) is 4.39 Å². The zero-order chi connectivity index (χ0) is 11.6. The molecule has 2 atom stereocenters. The van der Waals surface area contributed by atoms with Crippen molar-refractivity contribution in [2.45, 2.75) is 73.4 Å². The lowest BCUT2D eigenvalue weighted by molar-refractivity contribution is 0.256. The lowest BCUT2D eigenvalue weighted by Gasteiger charge is -2.14. The molecule has 0 saturated carbocycles. The topological polar surface area (TPSA) is 0 Å². The van der Waals surface area contributed by atoms with Crippen LogP contribution in [0.5, 0.6) is 0 Å². The van der Waals surface area contributed by atoms with Gasteiger partial charge in [0.05, 0.1) is 0 Å². The summed E-state index contributed by atoms with van der Waals surface area (Å²) >= 11 is 0. The Morgan fingerprint density at radius 3 is 1.86 bits per heavy atom. The Morgan fingerprint density at radius 1 is 1.00 bits per heavy atom. The van der Waals surface area contributed by atoms with Crippen LogP contribution < -0.4 is 0 Å². The monoisotopic (exact) mass is 204 g/mol. The maximum Gasteiger partial charge on any atom is 0.100 e. The van der Waals surface area contributed by atoms with Crippen molar-refractivity contribution >= 4 is 0 Å². The van der Waals surface area contributed by atoms with Crippen molar-refractivity contribution in [3.05, 3.63) is 0 Å². The summed E-state index contributed by atoms with van der Waals surface area (Å²) in [5.41, 5.74) is 0. The highest BCUT2D eigenvalue weighted by atomic mass is 19.1. The SMILES string of the molecule is CC.CCC(F)CC(C)CCC(C)C. The lowest BCUT2D eigenvalue weighted by atomic mass is 9.94. The summed E-state index contributed by atoms with van der Waals surface area (Å²) in [5, 5.41) is 0. The molecular weight excluding hydrogens is 175 g/mol. The molecule has 0 spiro atoms. The number of alkyl halides is 1. The predicted octanol–water partition coefficient (Wildman–Crippen LogP) is 5.22. The minimum atomic E-state index is -0.577. The molecule has 0 aliphatic carbocycles. The van der Waals surface area contributed by atoms with Gasteiger partial charge >= 0.3 is 0 Å². The van der Waals surface area contributed by atoms with Gasteiger partial charge in [-0.15, -0.1) is 0 Å². The summed E-state index contributed by atoms with van der Waals surface area (Å²) in [7, 11) is 0. The molecular formula is C13H29F. The van der Waals surface area contributed by atoms with E-state index < -0.39 is 6.17 Å². The van der Waals surface area contributed by atoms with Gasteiger partial charge in [-0.05, 0) is 24.7 Å². The zero-order valence-electron chi connectivity index (χ0n) is 10.9. The number of hydrogen-bond acceptors (Lipinski definition) is 0. The molecule has 2 unspecified atom stereocenters. The molecule has 88 valence electrons. The van der Waals surface area contributed by atoms with E-state index in [1.165, 1.54) is 12.8 Å². The van der Waals surface area contributed by atoms with E-state index in [4.69, 9.17) is 0 Å². The Labute approximate surface area is 90.3 Å². The lowest BCUT2D eigenvalue weighted by Crippen LogP contribution is -2.06. The fourth-order valence-corrected chi connectivity index (χ4v) is 1.34. The first-order chi connectivity index (χ1) is 6.56. The fourth-order valence-electron chi connectivity index (χ4n) is 1.34. The third-order valence-electron chi connectivity index (χ3n) is 2.34. The summed E-state index contributed by atoms with van der Waals surface area (Å²) in [6, 6.07) is 0. The van der Waals surface area contributed by atoms with Crippen molar-refractivity contribution in [1.29, 1.82) is 0 Å². The van der Waals surface area contributed by atoms with Crippen LogP contribution in [0.3, 0.4) is 0 Å². The zero-order valence-corrected chi connectivity index (χ0v) is 10.9. The molecule has 0 heterocycles. The fraction of sp³-hybridized carbons (Fsp3) is 1.00. The van der Waals surface area contributed by atoms with Gasteiger partial charge in [0.2, 0.25) is 0 Å². The van der Waals surface area contributed by atoms with Crippen LogP contribution in [0, 0.1) is 11.8 Å². The van der Waals surface area contributed by atoms with E-state index in [2.05, 4.69) is 20.8 Å². The average Bonchev–Trinajstić information content (AvgIpc) is 2.17. The van der Waals surface area contributed by atoms with Gasteiger partial charge in [-0.1, -0.05) is 54.4 Å². The first-order valence-electron chi connectivity index (χ1n) is 6.20. The van der Waals surface area contributed by atoms with Gasteiger partial charge in [0, 0.05) is 0 Å². The summed E-state index contributed by atoms with van der Waals surface area (Å²) in [5.74, 6) is 1.31. The minimum absolute atomic E-state index is 0.558. The number of rotatable bonds is 6. The molecule has 0 amide bonds. The van der Waals surface area contributed by atoms with Gasteiger partial charge in [0.1, 0.15) is 6.17 Å². The van der Waals surface area contributed by atoms with Crippen LogP contribution in [-0.4, -0.2) is 6.17 Å². The summed E-state index contributed by atoms with van der Waals surface area (Å²) in [6.45, 7) is 12.5. The average molecular weight is 204 g/mol. The van der Waals surface area contributed by atoms with Crippen LogP contribution in [0.2, 0.25) is 0 Å². The summed E-state index contributed by atoms with van der Waals surface area (Å²) in [4.78, 5) is 0. The number of halogens is 1. The summed E-state index contributed by atoms with van der Waals surface area (Å²) in [6.07, 6.45) is 3.26. The van der Waals surface area contributed by atoms with Crippen molar-refractivity contribution in [3.8, 4) is 0 Å². The Balaban J connectivity index is 0. The first-order valence-corrected chi connectivity index (χ1v) is 6.20. The van der Waals surface area contributed by atoms with Crippen LogP contribution in [-0.2, 0) is 0 Å². The molecule has 0 aliphatic heterocycles. The van der Waals surface area contributed by atoms with E-state index in [0.29, 0.717) is 12.3 Å². The molecule has 0 aliphatic rings. The highest BCUT2D eigenvalue weighted by Gasteiger charge is 2.10. The van der Waals surface area contributed by atoms with Crippen LogP contribution in [0.1, 0.15) is 67.2 Å². The Bertz CT molecular complexity index is 99.4. The molecule has 0 radical (unpaired) electrons. The van der Waals surface area contributed by atoms with Gasteiger partial charge in [0.15, 0.2) is 0 Å². The van der Waals surface area contributed by atoms with E-state index in [-0.39, 0.29) is 0 Å². The maximum absolute atomic E-state index is 12.9. The third kappa shape index (κ3) is 11.9. The number of hydrogen-bond donors (Lipinski definition) is 0. The van der Waals surface area contributed by atoms with E-state index in [1.54, 1.807) is 0 Å². The van der Waals surface area contributed by atoms with E-state index in [9.17, 15) is 4.39 Å². The third-order valence-corrected chi connectivity index (χ3v) is 2.34. The Hall–Kier alpha value is -0.0700. The molecule has 1 heteroatoms. The van der Waals surface area contributed by atoms with E-state index in [0.717, 1.165) is 12.3 Å². The van der Waals surface area contributed by atoms with Gasteiger partial charge in [0.25, 0.3) is 0 Å². The van der Waals surface area contributed by atoms with Gasteiger partial charge in [-0.25, -0.2) is 4.39 Å². The van der Waals surface area contributed by atoms with Crippen LogP contribution >= 0.6 is 0 Å². The normalized spacial score (nSPS) is 14.6. The van der Waals surface area contributed by atoms with Crippen molar-refractivity contribution in [2.75, 3.05) is 0 Å². The highest BCUT2D eigenvalue weighted by molar-refractivity contribution is 4.61. The van der Waals surface area contributed by atoms with E-state index in [1.807, 2.05) is 20.8 Å². The molecule has 0 fully saturated rings. The summed E-state index contributed by atoms with van der Waals surface area (Å²) < 4.78 is 12.9. The second kappa shape index (κ2) is 11.0. The van der Waals surface area contributed by atoms with Crippen LogP contribution in [0.15, 0.2) is 0 Å². The highest BCUT2D eigenvalue weighted by Crippen LogP contribution is 2.18. The standard InChI is InChI=1S/C11H23F.C2H6/c1-5-11(12)8-10(4)7-6-9(2)3;1-2/h9-11H,5-8H2,1-4H3;1-2H3. The minimum Gasteiger partial charge on any atom is -0.247 e. The first kappa shape index (κ1) is 16.4. The van der Waals surface area contributed by atoms with Crippen molar-refractivity contribution in [1.82, 2.24) is 0 Å². The second-order valence-electron chi connectivity index (χ2n) is 4.32. The molecule has 0 saturated heterocycles. The largest absolute Gasteiger partial charge is 0.247 e. The smallest absolute Gasteiger partial charge is 0.100 e. The van der Waals surface area contributed by atoms with Crippen molar-refractivity contribution in [2.24, 2.45) is 11.8 Å². The molecule has 0 aromatic carbocycles. The van der Waals surface area contributed by atoms with Gasteiger partial charge in [-0.3, -0.25) is 0 Å². The Morgan fingerprint density at radius 2 is 1.50 bits per heavy atom. The molecule has 0 aromatic heterocycles. The van der Waals surface area contributed by atoms with Gasteiger partial charge < -0.3 is 0 Å². The quantitative estimate of drug-likeness (QED) is 0.556. The van der Waals surface area contributed by atoms with Gasteiger partial charge in [-0.2, -0.15) is 0 Å². The maximum atomic E-state index is 12.9. The molecule has 14 heavy (non-hydrogen) atoms. The second-order valence-corrected chi connectivity index (χ2v) is 4.32.